The van der Waals surface area contributed by atoms with Gasteiger partial charge in [0.15, 0.2) is 0 Å². The minimum Gasteiger partial charge on any atom is -0.368 e. The van der Waals surface area contributed by atoms with E-state index in [2.05, 4.69) is 25.1 Å². The fourth-order valence-corrected chi connectivity index (χ4v) is 2.76. The van der Waals surface area contributed by atoms with Crippen molar-refractivity contribution in [3.8, 4) is 0 Å². The maximum Gasteiger partial charge on any atom is 0.254 e. The van der Waals surface area contributed by atoms with Crippen molar-refractivity contribution in [2.75, 3.05) is 36.0 Å². The van der Waals surface area contributed by atoms with Crippen molar-refractivity contribution in [2.45, 2.75) is 19.9 Å². The van der Waals surface area contributed by atoms with Crippen LogP contribution in [-0.2, 0) is 0 Å². The minimum absolute atomic E-state index is 0.0757. The number of rotatable bonds is 4. The molecule has 0 radical (unpaired) electrons. The molecule has 1 aromatic heterocycles. The lowest BCUT2D eigenvalue weighted by atomic mass is 10.2. The van der Waals surface area contributed by atoms with Crippen LogP contribution >= 0.6 is 0 Å². The van der Waals surface area contributed by atoms with Gasteiger partial charge in [0, 0.05) is 50.3 Å². The summed E-state index contributed by atoms with van der Waals surface area (Å²) in [6, 6.07) is 6.62. The van der Waals surface area contributed by atoms with Crippen LogP contribution in [0.5, 0.6) is 0 Å². The lowest BCUT2D eigenvalue weighted by Gasteiger charge is -2.36. The van der Waals surface area contributed by atoms with Crippen LogP contribution in [0.25, 0.3) is 0 Å². The van der Waals surface area contributed by atoms with Gasteiger partial charge in [0.25, 0.3) is 5.91 Å². The average molecular weight is 343 g/mol. The number of nitrogens with one attached hydrogen (secondary N) is 1. The second-order valence-corrected chi connectivity index (χ2v) is 6.35. The van der Waals surface area contributed by atoms with E-state index in [1.807, 2.05) is 13.8 Å². The smallest absolute Gasteiger partial charge is 0.254 e. The maximum atomic E-state index is 13.0. The molecule has 3 rings (SSSR count). The number of halogens is 1. The highest BCUT2D eigenvalue weighted by Gasteiger charge is 2.19. The van der Waals surface area contributed by atoms with E-state index in [1.54, 1.807) is 24.5 Å². The Morgan fingerprint density at radius 1 is 1.04 bits per heavy atom. The zero-order valence-corrected chi connectivity index (χ0v) is 14.4. The molecular weight excluding hydrogens is 321 g/mol. The average Bonchev–Trinajstić information content (AvgIpc) is 2.62. The summed E-state index contributed by atoms with van der Waals surface area (Å²) >= 11 is 0. The van der Waals surface area contributed by atoms with E-state index in [1.165, 1.54) is 12.1 Å². The summed E-state index contributed by atoms with van der Waals surface area (Å²) in [5.74, 6) is 0.236. The molecule has 0 aliphatic carbocycles. The molecule has 0 bridgehead atoms. The largest absolute Gasteiger partial charge is 0.368 e. The molecule has 2 aromatic rings. The first-order valence-electron chi connectivity index (χ1n) is 8.41. The molecule has 1 N–H and O–H groups in total. The zero-order valence-electron chi connectivity index (χ0n) is 14.4. The van der Waals surface area contributed by atoms with Crippen LogP contribution in [-0.4, -0.2) is 48.1 Å². The monoisotopic (exact) mass is 343 g/mol. The Morgan fingerprint density at radius 2 is 1.60 bits per heavy atom. The standard InChI is InChI=1S/C18H22FN5O/c1-13(2)22-17(25)14-11-20-18(21-12-14)24-9-7-23(8-10-24)16-5-3-15(19)4-6-16/h3-6,11-13H,7-10H2,1-2H3,(H,22,25). The number of piperazine rings is 1. The van der Waals surface area contributed by atoms with Crippen molar-refractivity contribution < 1.29 is 9.18 Å². The number of aromatic nitrogens is 2. The normalized spacial score (nSPS) is 14.7. The molecule has 1 amide bonds. The highest BCUT2D eigenvalue weighted by atomic mass is 19.1. The van der Waals surface area contributed by atoms with Crippen LogP contribution in [0, 0.1) is 5.82 Å². The topological polar surface area (TPSA) is 61.4 Å². The highest BCUT2D eigenvalue weighted by molar-refractivity contribution is 5.93. The SMILES string of the molecule is CC(C)NC(=O)c1cnc(N2CCN(c3ccc(F)cc3)CC2)nc1. The molecule has 6 nitrogen and oxygen atoms in total. The van der Waals surface area contributed by atoms with Crippen molar-refractivity contribution in [1.82, 2.24) is 15.3 Å². The van der Waals surface area contributed by atoms with Crippen LogP contribution in [0.15, 0.2) is 36.7 Å². The minimum atomic E-state index is -0.225. The van der Waals surface area contributed by atoms with Crippen molar-refractivity contribution in [3.63, 3.8) is 0 Å². The summed E-state index contributed by atoms with van der Waals surface area (Å²) < 4.78 is 13.0. The van der Waals surface area contributed by atoms with Gasteiger partial charge in [0.1, 0.15) is 5.82 Å². The van der Waals surface area contributed by atoms with Gasteiger partial charge in [0.05, 0.1) is 5.56 Å². The summed E-state index contributed by atoms with van der Waals surface area (Å²) in [5.41, 5.74) is 1.48. The molecule has 1 fully saturated rings. The van der Waals surface area contributed by atoms with Gasteiger partial charge in [-0.25, -0.2) is 14.4 Å². The molecule has 1 saturated heterocycles. The summed E-state index contributed by atoms with van der Waals surface area (Å²) in [5, 5.41) is 2.82. The first-order valence-corrected chi connectivity index (χ1v) is 8.41. The molecule has 1 aromatic carbocycles. The predicted molar refractivity (Wildman–Crippen MR) is 95.5 cm³/mol. The van der Waals surface area contributed by atoms with Gasteiger partial charge in [-0.3, -0.25) is 4.79 Å². The summed E-state index contributed by atoms with van der Waals surface area (Å²) in [4.78, 5) is 24.9. The second kappa shape index (κ2) is 7.46. The molecule has 1 aliphatic rings. The molecule has 1 aliphatic heterocycles. The number of benzene rings is 1. The number of nitrogens with zero attached hydrogens (tertiary/aromatic N) is 4. The summed E-state index contributed by atoms with van der Waals surface area (Å²) in [6.07, 6.45) is 3.12. The van der Waals surface area contributed by atoms with Crippen LogP contribution < -0.4 is 15.1 Å². The molecule has 7 heteroatoms. The Morgan fingerprint density at radius 3 is 2.16 bits per heavy atom. The molecule has 2 heterocycles. The van der Waals surface area contributed by atoms with Crippen LogP contribution in [0.1, 0.15) is 24.2 Å². The molecule has 0 unspecified atom stereocenters. The van der Waals surface area contributed by atoms with E-state index in [0.717, 1.165) is 31.9 Å². The first-order chi connectivity index (χ1) is 12.0. The fourth-order valence-electron chi connectivity index (χ4n) is 2.76. The zero-order chi connectivity index (χ0) is 17.8. The molecule has 132 valence electrons. The number of carbonyl (C=O) groups excluding carboxylic acids is 1. The lowest BCUT2D eigenvalue weighted by molar-refractivity contribution is 0.0942. The van der Waals surface area contributed by atoms with Gasteiger partial charge < -0.3 is 15.1 Å². The predicted octanol–water partition coefficient (Wildman–Crippen LogP) is 2.08. The van der Waals surface area contributed by atoms with Crippen LogP contribution in [0.4, 0.5) is 16.0 Å². The molecule has 25 heavy (non-hydrogen) atoms. The third kappa shape index (κ3) is 4.23. The number of anilines is 2. The quantitative estimate of drug-likeness (QED) is 0.921. The van der Waals surface area contributed by atoms with Crippen LogP contribution in [0.3, 0.4) is 0 Å². The number of hydrogen-bond donors (Lipinski definition) is 1. The Hall–Kier alpha value is -2.70. The molecule has 0 atom stereocenters. The van der Waals surface area contributed by atoms with Crippen molar-refractivity contribution in [1.29, 1.82) is 0 Å². The number of carbonyl (C=O) groups is 1. The summed E-state index contributed by atoms with van der Waals surface area (Å²) in [6.45, 7) is 6.99. The highest BCUT2D eigenvalue weighted by Crippen LogP contribution is 2.18. The van der Waals surface area contributed by atoms with Gasteiger partial charge in [0.2, 0.25) is 5.95 Å². The van der Waals surface area contributed by atoms with E-state index in [-0.39, 0.29) is 17.8 Å². The Kier molecular flexibility index (Phi) is 5.11. The Balaban J connectivity index is 1.59. The van der Waals surface area contributed by atoms with E-state index >= 15 is 0 Å². The van der Waals surface area contributed by atoms with E-state index in [0.29, 0.717) is 11.5 Å². The van der Waals surface area contributed by atoms with Crippen molar-refractivity contribution in [3.05, 3.63) is 48.0 Å². The molecular formula is C18H22FN5O. The van der Waals surface area contributed by atoms with Crippen molar-refractivity contribution in [2.24, 2.45) is 0 Å². The third-order valence-electron chi connectivity index (χ3n) is 4.07. The first kappa shape index (κ1) is 17.1. The van der Waals surface area contributed by atoms with Gasteiger partial charge in [-0.05, 0) is 38.1 Å². The van der Waals surface area contributed by atoms with E-state index in [9.17, 15) is 9.18 Å². The maximum absolute atomic E-state index is 13.0. The Labute approximate surface area is 146 Å². The number of hydrogen-bond acceptors (Lipinski definition) is 5. The van der Waals surface area contributed by atoms with Crippen LogP contribution in [0.2, 0.25) is 0 Å². The Bertz CT molecular complexity index is 709. The van der Waals surface area contributed by atoms with E-state index in [4.69, 9.17) is 0 Å². The molecule has 0 spiro atoms. The molecule has 0 saturated carbocycles. The van der Waals surface area contributed by atoms with Gasteiger partial charge in [-0.15, -0.1) is 0 Å². The van der Waals surface area contributed by atoms with Gasteiger partial charge in [-0.2, -0.15) is 0 Å². The summed E-state index contributed by atoms with van der Waals surface area (Å²) in [7, 11) is 0. The van der Waals surface area contributed by atoms with Gasteiger partial charge in [-0.1, -0.05) is 0 Å². The van der Waals surface area contributed by atoms with E-state index < -0.39 is 0 Å². The lowest BCUT2D eigenvalue weighted by Crippen LogP contribution is -2.47. The second-order valence-electron chi connectivity index (χ2n) is 6.35. The van der Waals surface area contributed by atoms with Crippen molar-refractivity contribution >= 4 is 17.5 Å². The van der Waals surface area contributed by atoms with Gasteiger partial charge >= 0.3 is 0 Å². The fraction of sp³-hybridized carbons (Fsp3) is 0.389. The number of amides is 1. The third-order valence-corrected chi connectivity index (χ3v) is 4.07.